The van der Waals surface area contributed by atoms with Gasteiger partial charge in [0.15, 0.2) is 0 Å². The SMILES string of the molecule is Oc1cc(/C=C/c2cscn2)cc(O)c1C1CCCC1. The van der Waals surface area contributed by atoms with Crippen LogP contribution in [0.15, 0.2) is 23.0 Å². The molecular formula is C16H17NO2S. The van der Waals surface area contributed by atoms with E-state index in [2.05, 4.69) is 4.98 Å². The minimum absolute atomic E-state index is 0.204. The van der Waals surface area contributed by atoms with Crippen molar-refractivity contribution in [2.75, 3.05) is 0 Å². The molecule has 20 heavy (non-hydrogen) atoms. The summed E-state index contributed by atoms with van der Waals surface area (Å²) < 4.78 is 0. The van der Waals surface area contributed by atoms with Crippen molar-refractivity contribution in [3.63, 3.8) is 0 Å². The molecule has 0 saturated heterocycles. The van der Waals surface area contributed by atoms with Crippen molar-refractivity contribution in [3.05, 3.63) is 39.8 Å². The lowest BCUT2D eigenvalue weighted by Crippen LogP contribution is -1.94. The van der Waals surface area contributed by atoms with E-state index >= 15 is 0 Å². The first-order chi connectivity index (χ1) is 9.74. The highest BCUT2D eigenvalue weighted by atomic mass is 32.1. The highest BCUT2D eigenvalue weighted by Gasteiger charge is 2.23. The molecule has 1 aromatic carbocycles. The molecule has 1 saturated carbocycles. The van der Waals surface area contributed by atoms with E-state index in [9.17, 15) is 10.2 Å². The highest BCUT2D eigenvalue weighted by molar-refractivity contribution is 7.07. The van der Waals surface area contributed by atoms with Gasteiger partial charge < -0.3 is 10.2 Å². The van der Waals surface area contributed by atoms with Crippen molar-refractivity contribution in [3.8, 4) is 11.5 Å². The van der Waals surface area contributed by atoms with Crippen LogP contribution >= 0.6 is 11.3 Å². The molecule has 0 atom stereocenters. The fourth-order valence-electron chi connectivity index (χ4n) is 2.86. The van der Waals surface area contributed by atoms with E-state index in [1.54, 1.807) is 17.6 Å². The van der Waals surface area contributed by atoms with Crippen LogP contribution in [-0.4, -0.2) is 15.2 Å². The van der Waals surface area contributed by atoms with Crippen LogP contribution in [0.5, 0.6) is 11.5 Å². The number of rotatable bonds is 3. The predicted octanol–water partition coefficient (Wildman–Crippen LogP) is 4.38. The molecule has 0 aliphatic heterocycles. The first-order valence-electron chi connectivity index (χ1n) is 6.86. The second-order valence-electron chi connectivity index (χ2n) is 5.20. The molecule has 0 bridgehead atoms. The molecule has 1 aromatic heterocycles. The summed E-state index contributed by atoms with van der Waals surface area (Å²) in [4.78, 5) is 4.16. The van der Waals surface area contributed by atoms with E-state index < -0.39 is 0 Å². The minimum atomic E-state index is 0.204. The van der Waals surface area contributed by atoms with E-state index in [-0.39, 0.29) is 11.5 Å². The molecule has 1 heterocycles. The standard InChI is InChI=1S/C16H17NO2S/c18-14-7-11(5-6-13-9-20-10-17-13)8-15(19)16(14)12-3-1-2-4-12/h5-10,12,18-19H,1-4H2/b6-5+. The van der Waals surface area contributed by atoms with Gasteiger partial charge in [0.05, 0.1) is 11.2 Å². The number of hydrogen-bond acceptors (Lipinski definition) is 4. The summed E-state index contributed by atoms with van der Waals surface area (Å²) in [6.07, 6.45) is 8.18. The Hall–Kier alpha value is -1.81. The molecule has 3 rings (SSSR count). The normalized spacial score (nSPS) is 16.2. The molecule has 4 heteroatoms. The van der Waals surface area contributed by atoms with E-state index in [4.69, 9.17) is 0 Å². The summed E-state index contributed by atoms with van der Waals surface area (Å²) in [5.41, 5.74) is 4.16. The summed E-state index contributed by atoms with van der Waals surface area (Å²) in [5.74, 6) is 0.705. The monoisotopic (exact) mass is 287 g/mol. The van der Waals surface area contributed by atoms with Crippen LogP contribution in [0.3, 0.4) is 0 Å². The minimum Gasteiger partial charge on any atom is -0.507 e. The zero-order valence-corrected chi connectivity index (χ0v) is 11.9. The van der Waals surface area contributed by atoms with Crippen molar-refractivity contribution in [1.29, 1.82) is 0 Å². The summed E-state index contributed by atoms with van der Waals surface area (Å²) in [7, 11) is 0. The third-order valence-electron chi connectivity index (χ3n) is 3.82. The fourth-order valence-corrected chi connectivity index (χ4v) is 3.38. The van der Waals surface area contributed by atoms with Gasteiger partial charge in [0.2, 0.25) is 0 Å². The van der Waals surface area contributed by atoms with Crippen LogP contribution in [0.25, 0.3) is 12.2 Å². The molecule has 0 spiro atoms. The smallest absolute Gasteiger partial charge is 0.123 e. The van der Waals surface area contributed by atoms with E-state index in [0.717, 1.165) is 24.1 Å². The Bertz CT molecular complexity index is 590. The molecule has 104 valence electrons. The molecule has 3 nitrogen and oxygen atoms in total. The van der Waals surface area contributed by atoms with E-state index in [1.807, 2.05) is 17.5 Å². The van der Waals surface area contributed by atoms with Crippen molar-refractivity contribution in [2.45, 2.75) is 31.6 Å². The maximum Gasteiger partial charge on any atom is 0.123 e. The maximum atomic E-state index is 10.2. The lowest BCUT2D eigenvalue weighted by molar-refractivity contribution is 0.428. The molecule has 1 fully saturated rings. The Morgan fingerprint density at radius 3 is 2.40 bits per heavy atom. The van der Waals surface area contributed by atoms with Gasteiger partial charge in [0, 0.05) is 10.9 Å². The maximum absolute atomic E-state index is 10.2. The highest BCUT2D eigenvalue weighted by Crippen LogP contribution is 2.43. The Balaban J connectivity index is 1.87. The first kappa shape index (κ1) is 13.2. The summed E-state index contributed by atoms with van der Waals surface area (Å²) in [6, 6.07) is 3.44. The molecular weight excluding hydrogens is 270 g/mol. The Morgan fingerprint density at radius 1 is 1.10 bits per heavy atom. The summed E-state index contributed by atoms with van der Waals surface area (Å²) in [6.45, 7) is 0. The molecule has 1 aliphatic rings. The van der Waals surface area contributed by atoms with Crippen molar-refractivity contribution in [1.82, 2.24) is 4.98 Å². The topological polar surface area (TPSA) is 53.4 Å². The summed E-state index contributed by atoms with van der Waals surface area (Å²) in [5, 5.41) is 22.3. The molecule has 0 radical (unpaired) electrons. The Kier molecular flexibility index (Phi) is 3.74. The Labute approximate surface area is 122 Å². The first-order valence-corrected chi connectivity index (χ1v) is 7.80. The third-order valence-corrected chi connectivity index (χ3v) is 4.42. The molecule has 1 aliphatic carbocycles. The number of benzene rings is 1. The summed E-state index contributed by atoms with van der Waals surface area (Å²) >= 11 is 1.54. The third kappa shape index (κ3) is 2.70. The van der Waals surface area contributed by atoms with Crippen molar-refractivity contribution in [2.24, 2.45) is 0 Å². The number of nitrogens with zero attached hydrogens (tertiary/aromatic N) is 1. The van der Waals surface area contributed by atoms with Gasteiger partial charge in [-0.3, -0.25) is 0 Å². The van der Waals surface area contributed by atoms with Crippen LogP contribution < -0.4 is 0 Å². The van der Waals surface area contributed by atoms with Gasteiger partial charge >= 0.3 is 0 Å². The zero-order valence-electron chi connectivity index (χ0n) is 11.1. The fraction of sp³-hybridized carbons (Fsp3) is 0.312. The van der Waals surface area contributed by atoms with Gasteiger partial charge in [-0.15, -0.1) is 11.3 Å². The molecule has 2 N–H and O–H groups in total. The van der Waals surface area contributed by atoms with Crippen molar-refractivity contribution < 1.29 is 10.2 Å². The average Bonchev–Trinajstić information content (AvgIpc) is 3.09. The van der Waals surface area contributed by atoms with Gasteiger partial charge in [0.25, 0.3) is 0 Å². The van der Waals surface area contributed by atoms with Gasteiger partial charge in [0.1, 0.15) is 11.5 Å². The number of phenols is 2. The van der Waals surface area contributed by atoms with E-state index in [1.165, 1.54) is 24.2 Å². The predicted molar refractivity (Wildman–Crippen MR) is 82.0 cm³/mol. The van der Waals surface area contributed by atoms with Gasteiger partial charge in [-0.05, 0) is 42.5 Å². The molecule has 2 aromatic rings. The molecule has 0 unspecified atom stereocenters. The number of aromatic nitrogens is 1. The van der Waals surface area contributed by atoms with Gasteiger partial charge in [-0.1, -0.05) is 18.9 Å². The van der Waals surface area contributed by atoms with Crippen LogP contribution in [0.4, 0.5) is 0 Å². The second-order valence-corrected chi connectivity index (χ2v) is 5.92. The van der Waals surface area contributed by atoms with E-state index in [0.29, 0.717) is 11.5 Å². The lowest BCUT2D eigenvalue weighted by atomic mass is 9.94. The van der Waals surface area contributed by atoms with Crippen LogP contribution in [-0.2, 0) is 0 Å². The second kappa shape index (κ2) is 5.67. The number of aromatic hydroxyl groups is 2. The van der Waals surface area contributed by atoms with Crippen molar-refractivity contribution >= 4 is 23.5 Å². The lowest BCUT2D eigenvalue weighted by Gasteiger charge is -2.14. The number of hydrogen-bond donors (Lipinski definition) is 2. The zero-order chi connectivity index (χ0) is 13.9. The van der Waals surface area contributed by atoms with Crippen LogP contribution in [0, 0.1) is 0 Å². The molecule has 0 amide bonds. The average molecular weight is 287 g/mol. The van der Waals surface area contributed by atoms with Crippen LogP contribution in [0.2, 0.25) is 0 Å². The van der Waals surface area contributed by atoms with Gasteiger partial charge in [-0.25, -0.2) is 4.98 Å². The Morgan fingerprint density at radius 2 is 1.80 bits per heavy atom. The quantitative estimate of drug-likeness (QED) is 0.880. The van der Waals surface area contributed by atoms with Gasteiger partial charge in [-0.2, -0.15) is 0 Å². The largest absolute Gasteiger partial charge is 0.507 e. The van der Waals surface area contributed by atoms with Crippen LogP contribution in [0.1, 0.15) is 48.4 Å². The number of thiazole rings is 1. The number of phenolic OH excluding ortho intramolecular Hbond substituents is 2.